The third-order valence-electron chi connectivity index (χ3n) is 3.17. The summed E-state index contributed by atoms with van der Waals surface area (Å²) >= 11 is 6.23. The van der Waals surface area contributed by atoms with E-state index in [1.54, 1.807) is 13.3 Å². The van der Waals surface area contributed by atoms with E-state index in [1.807, 2.05) is 47.0 Å². The fraction of sp³-hybridized carbons (Fsp3) is 0.133. The molecule has 2 heterocycles. The summed E-state index contributed by atoms with van der Waals surface area (Å²) < 4.78 is 7.33. The first-order valence-corrected chi connectivity index (χ1v) is 6.65. The molecule has 0 aliphatic heterocycles. The second kappa shape index (κ2) is 5.43. The fourth-order valence-corrected chi connectivity index (χ4v) is 2.41. The molecule has 1 N–H and O–H groups in total. The van der Waals surface area contributed by atoms with Crippen LogP contribution in [0, 0.1) is 0 Å². The normalized spacial score (nSPS) is 10.7. The lowest BCUT2D eigenvalue weighted by Gasteiger charge is -2.13. The molecule has 0 saturated carbocycles. The highest BCUT2D eigenvalue weighted by molar-refractivity contribution is 6.31. The lowest BCUT2D eigenvalue weighted by molar-refractivity contribution is 0.410. The minimum absolute atomic E-state index is 0.583. The topological polar surface area (TPSA) is 38.6 Å². The Labute approximate surface area is 122 Å². The summed E-state index contributed by atoms with van der Waals surface area (Å²) in [7, 11) is 1.64. The van der Waals surface area contributed by atoms with Crippen LogP contribution >= 0.6 is 11.6 Å². The van der Waals surface area contributed by atoms with Crippen molar-refractivity contribution in [3.63, 3.8) is 0 Å². The Bertz CT molecular complexity index is 739. The molecule has 0 saturated heterocycles. The zero-order valence-electron chi connectivity index (χ0n) is 11.0. The standard InChI is InChI=1S/C15H14ClN3O/c1-20-13-5-2-4-12(16)11(13)10-18-15-7-3-6-14-17-8-9-19(14)15/h2-9,18H,10H2,1H3. The number of halogens is 1. The molecule has 0 amide bonds. The Morgan fingerprint density at radius 3 is 2.95 bits per heavy atom. The van der Waals surface area contributed by atoms with Crippen LogP contribution in [-0.4, -0.2) is 16.5 Å². The Morgan fingerprint density at radius 1 is 1.25 bits per heavy atom. The van der Waals surface area contributed by atoms with Crippen LogP contribution in [0.3, 0.4) is 0 Å². The number of pyridine rings is 1. The number of aromatic nitrogens is 2. The van der Waals surface area contributed by atoms with Crippen molar-refractivity contribution in [1.82, 2.24) is 9.38 Å². The van der Waals surface area contributed by atoms with Gasteiger partial charge in [-0.1, -0.05) is 23.7 Å². The molecule has 0 unspecified atom stereocenters. The number of hydrogen-bond acceptors (Lipinski definition) is 3. The van der Waals surface area contributed by atoms with Crippen LogP contribution in [0.2, 0.25) is 5.02 Å². The van der Waals surface area contributed by atoms with E-state index < -0.39 is 0 Å². The van der Waals surface area contributed by atoms with Crippen LogP contribution in [0.1, 0.15) is 5.56 Å². The van der Waals surface area contributed by atoms with E-state index in [0.29, 0.717) is 11.6 Å². The summed E-state index contributed by atoms with van der Waals surface area (Å²) in [6.45, 7) is 0.583. The monoisotopic (exact) mass is 287 g/mol. The molecule has 5 heteroatoms. The Kier molecular flexibility index (Phi) is 3.48. The molecule has 2 aromatic heterocycles. The maximum Gasteiger partial charge on any atom is 0.138 e. The minimum atomic E-state index is 0.583. The van der Waals surface area contributed by atoms with Crippen molar-refractivity contribution >= 4 is 23.1 Å². The molecule has 0 atom stereocenters. The maximum absolute atomic E-state index is 6.23. The van der Waals surface area contributed by atoms with E-state index >= 15 is 0 Å². The largest absolute Gasteiger partial charge is 0.496 e. The summed E-state index contributed by atoms with van der Waals surface area (Å²) in [5.41, 5.74) is 1.84. The molecule has 1 aromatic carbocycles. The molecule has 0 aliphatic rings. The summed E-state index contributed by atoms with van der Waals surface area (Å²) in [5, 5.41) is 4.05. The molecule has 102 valence electrons. The quantitative estimate of drug-likeness (QED) is 0.797. The lowest BCUT2D eigenvalue weighted by atomic mass is 10.2. The van der Waals surface area contributed by atoms with Crippen molar-refractivity contribution in [1.29, 1.82) is 0 Å². The number of ether oxygens (including phenoxy) is 1. The SMILES string of the molecule is COc1cccc(Cl)c1CNc1cccc2nccn12. The predicted octanol–water partition coefficient (Wildman–Crippen LogP) is 3.61. The van der Waals surface area contributed by atoms with Gasteiger partial charge in [0.2, 0.25) is 0 Å². The highest BCUT2D eigenvalue weighted by atomic mass is 35.5. The third-order valence-corrected chi connectivity index (χ3v) is 3.52. The van der Waals surface area contributed by atoms with Crippen LogP contribution < -0.4 is 10.1 Å². The van der Waals surface area contributed by atoms with Gasteiger partial charge in [0.05, 0.1) is 7.11 Å². The second-order valence-corrected chi connectivity index (χ2v) is 4.75. The first-order chi connectivity index (χ1) is 9.79. The Morgan fingerprint density at radius 2 is 2.10 bits per heavy atom. The number of nitrogens with one attached hydrogen (secondary N) is 1. The molecule has 0 bridgehead atoms. The number of imidazole rings is 1. The number of fused-ring (bicyclic) bond motifs is 1. The zero-order valence-corrected chi connectivity index (χ0v) is 11.8. The second-order valence-electron chi connectivity index (χ2n) is 4.34. The Balaban J connectivity index is 1.88. The molecule has 0 radical (unpaired) electrons. The van der Waals surface area contributed by atoms with Crippen molar-refractivity contribution < 1.29 is 4.74 Å². The summed E-state index contributed by atoms with van der Waals surface area (Å²) in [5.74, 6) is 1.74. The minimum Gasteiger partial charge on any atom is -0.496 e. The Hall–Kier alpha value is -2.20. The number of anilines is 1. The third kappa shape index (κ3) is 2.30. The highest BCUT2D eigenvalue weighted by Gasteiger charge is 2.08. The van der Waals surface area contributed by atoms with E-state index in [0.717, 1.165) is 22.8 Å². The van der Waals surface area contributed by atoms with Gasteiger partial charge in [-0.05, 0) is 24.3 Å². The fourth-order valence-electron chi connectivity index (χ4n) is 2.17. The molecule has 0 spiro atoms. The van der Waals surface area contributed by atoms with Crippen molar-refractivity contribution in [3.05, 3.63) is 59.4 Å². The lowest BCUT2D eigenvalue weighted by Crippen LogP contribution is -2.05. The van der Waals surface area contributed by atoms with Gasteiger partial charge in [-0.15, -0.1) is 0 Å². The van der Waals surface area contributed by atoms with E-state index in [4.69, 9.17) is 16.3 Å². The number of methoxy groups -OCH3 is 1. The summed E-state index contributed by atoms with van der Waals surface area (Å²) in [6.07, 6.45) is 3.69. The number of rotatable bonds is 4. The van der Waals surface area contributed by atoms with E-state index in [2.05, 4.69) is 10.3 Å². The van der Waals surface area contributed by atoms with Crippen LogP contribution in [-0.2, 0) is 6.54 Å². The molecular weight excluding hydrogens is 274 g/mol. The number of hydrogen-bond donors (Lipinski definition) is 1. The van der Waals surface area contributed by atoms with Crippen molar-refractivity contribution in [3.8, 4) is 5.75 Å². The molecule has 3 aromatic rings. The first kappa shape index (κ1) is 12.8. The predicted molar refractivity (Wildman–Crippen MR) is 80.5 cm³/mol. The summed E-state index contributed by atoms with van der Waals surface area (Å²) in [4.78, 5) is 4.26. The molecule has 0 fully saturated rings. The van der Waals surface area contributed by atoms with Crippen molar-refractivity contribution in [2.75, 3.05) is 12.4 Å². The van der Waals surface area contributed by atoms with Crippen LogP contribution in [0.5, 0.6) is 5.75 Å². The van der Waals surface area contributed by atoms with Crippen LogP contribution in [0.4, 0.5) is 5.82 Å². The molecular formula is C15H14ClN3O. The van der Waals surface area contributed by atoms with Gasteiger partial charge in [0.1, 0.15) is 17.2 Å². The summed E-state index contributed by atoms with van der Waals surface area (Å²) in [6, 6.07) is 11.6. The van der Waals surface area contributed by atoms with Gasteiger partial charge >= 0.3 is 0 Å². The van der Waals surface area contributed by atoms with Gasteiger partial charge in [0, 0.05) is 29.5 Å². The van der Waals surface area contributed by atoms with Gasteiger partial charge < -0.3 is 10.1 Å². The molecule has 20 heavy (non-hydrogen) atoms. The molecule has 4 nitrogen and oxygen atoms in total. The number of benzene rings is 1. The highest BCUT2D eigenvalue weighted by Crippen LogP contribution is 2.27. The smallest absolute Gasteiger partial charge is 0.138 e. The zero-order chi connectivity index (χ0) is 13.9. The van der Waals surface area contributed by atoms with Gasteiger partial charge in [-0.2, -0.15) is 0 Å². The van der Waals surface area contributed by atoms with Gasteiger partial charge in [0.15, 0.2) is 0 Å². The van der Waals surface area contributed by atoms with Gasteiger partial charge in [0.25, 0.3) is 0 Å². The average molecular weight is 288 g/mol. The van der Waals surface area contributed by atoms with Crippen molar-refractivity contribution in [2.45, 2.75) is 6.54 Å². The van der Waals surface area contributed by atoms with E-state index in [9.17, 15) is 0 Å². The van der Waals surface area contributed by atoms with E-state index in [1.165, 1.54) is 0 Å². The number of nitrogens with zero attached hydrogens (tertiary/aromatic N) is 2. The van der Waals surface area contributed by atoms with Crippen LogP contribution in [0.25, 0.3) is 5.65 Å². The van der Waals surface area contributed by atoms with Gasteiger partial charge in [-0.3, -0.25) is 4.40 Å². The van der Waals surface area contributed by atoms with Crippen LogP contribution in [0.15, 0.2) is 48.8 Å². The molecule has 3 rings (SSSR count). The van der Waals surface area contributed by atoms with E-state index in [-0.39, 0.29) is 0 Å². The first-order valence-electron chi connectivity index (χ1n) is 6.27. The van der Waals surface area contributed by atoms with Gasteiger partial charge in [-0.25, -0.2) is 4.98 Å². The average Bonchev–Trinajstić information content (AvgIpc) is 2.94. The van der Waals surface area contributed by atoms with Crippen molar-refractivity contribution in [2.24, 2.45) is 0 Å². The molecule has 0 aliphatic carbocycles. The maximum atomic E-state index is 6.23.